The molecule has 1 rings (SSSR count). The summed E-state index contributed by atoms with van der Waals surface area (Å²) in [7, 11) is 0. The van der Waals surface area contributed by atoms with E-state index in [1.54, 1.807) is 0 Å². The van der Waals surface area contributed by atoms with E-state index in [9.17, 15) is 0 Å². The first kappa shape index (κ1) is 9.99. The standard InChI is InChI=1S/C10H17N3/c1-3-6-13-8-12-7-10(13)5-4-9(2)11/h4-5,7-9H,3,6,11H2,1-2H3/b5-4+. The maximum absolute atomic E-state index is 5.62. The van der Waals surface area contributed by atoms with Gasteiger partial charge in [-0.1, -0.05) is 13.0 Å². The summed E-state index contributed by atoms with van der Waals surface area (Å²) in [6.45, 7) is 5.12. The highest BCUT2D eigenvalue weighted by atomic mass is 15.0. The second kappa shape index (κ2) is 4.82. The Balaban J connectivity index is 2.70. The largest absolute Gasteiger partial charge is 0.331 e. The van der Waals surface area contributed by atoms with Crippen LogP contribution >= 0.6 is 0 Å². The van der Waals surface area contributed by atoms with Crippen LogP contribution in [0.5, 0.6) is 0 Å². The third-order valence-electron chi connectivity index (χ3n) is 1.78. The minimum atomic E-state index is 0.102. The highest BCUT2D eigenvalue weighted by molar-refractivity contribution is 5.44. The van der Waals surface area contributed by atoms with Gasteiger partial charge in [0.1, 0.15) is 0 Å². The van der Waals surface area contributed by atoms with E-state index in [0.717, 1.165) is 18.7 Å². The summed E-state index contributed by atoms with van der Waals surface area (Å²) < 4.78 is 2.12. The van der Waals surface area contributed by atoms with Crippen molar-refractivity contribution in [2.75, 3.05) is 0 Å². The van der Waals surface area contributed by atoms with Crippen LogP contribution < -0.4 is 5.73 Å². The van der Waals surface area contributed by atoms with Crippen LogP contribution in [0, 0.1) is 0 Å². The lowest BCUT2D eigenvalue weighted by Crippen LogP contribution is -2.10. The molecule has 1 atom stereocenters. The molecule has 1 heterocycles. The second-order valence-electron chi connectivity index (χ2n) is 3.23. The maximum Gasteiger partial charge on any atom is 0.0950 e. The van der Waals surface area contributed by atoms with Gasteiger partial charge in [-0.3, -0.25) is 0 Å². The zero-order valence-electron chi connectivity index (χ0n) is 8.27. The zero-order chi connectivity index (χ0) is 9.68. The van der Waals surface area contributed by atoms with Crippen molar-refractivity contribution in [3.8, 4) is 0 Å². The Morgan fingerprint density at radius 3 is 3.08 bits per heavy atom. The van der Waals surface area contributed by atoms with Crippen molar-refractivity contribution in [2.45, 2.75) is 32.9 Å². The van der Waals surface area contributed by atoms with Crippen LogP contribution in [-0.4, -0.2) is 15.6 Å². The number of aromatic nitrogens is 2. The Hall–Kier alpha value is -1.09. The second-order valence-corrected chi connectivity index (χ2v) is 3.23. The van der Waals surface area contributed by atoms with Crippen LogP contribution in [0.4, 0.5) is 0 Å². The molecule has 0 aliphatic carbocycles. The van der Waals surface area contributed by atoms with Gasteiger partial charge in [0.25, 0.3) is 0 Å². The molecule has 1 unspecified atom stereocenters. The topological polar surface area (TPSA) is 43.8 Å². The van der Waals surface area contributed by atoms with Gasteiger partial charge >= 0.3 is 0 Å². The summed E-state index contributed by atoms with van der Waals surface area (Å²) in [5.74, 6) is 0. The number of hydrogen-bond donors (Lipinski definition) is 1. The highest BCUT2D eigenvalue weighted by Gasteiger charge is 1.96. The van der Waals surface area contributed by atoms with Gasteiger partial charge < -0.3 is 10.3 Å². The van der Waals surface area contributed by atoms with Crippen molar-refractivity contribution >= 4 is 6.08 Å². The Morgan fingerprint density at radius 1 is 1.69 bits per heavy atom. The fourth-order valence-electron chi connectivity index (χ4n) is 1.15. The fourth-order valence-corrected chi connectivity index (χ4v) is 1.15. The molecule has 13 heavy (non-hydrogen) atoms. The molecule has 0 spiro atoms. The fraction of sp³-hybridized carbons (Fsp3) is 0.500. The van der Waals surface area contributed by atoms with E-state index in [1.165, 1.54) is 0 Å². The van der Waals surface area contributed by atoms with Gasteiger partial charge in [-0.15, -0.1) is 0 Å². The molecule has 0 aliphatic heterocycles. The zero-order valence-corrected chi connectivity index (χ0v) is 8.27. The Bertz CT molecular complexity index is 273. The predicted octanol–water partition coefficient (Wildman–Crippen LogP) is 1.65. The lowest BCUT2D eigenvalue weighted by atomic mass is 10.3. The van der Waals surface area contributed by atoms with Gasteiger partial charge in [0, 0.05) is 12.6 Å². The van der Waals surface area contributed by atoms with Gasteiger partial charge in [-0.2, -0.15) is 0 Å². The molecule has 0 saturated heterocycles. The first-order chi connectivity index (χ1) is 6.24. The number of imidazole rings is 1. The van der Waals surface area contributed by atoms with Crippen LogP contribution in [0.1, 0.15) is 26.0 Å². The van der Waals surface area contributed by atoms with Gasteiger partial charge in [-0.25, -0.2) is 4.98 Å². The number of rotatable bonds is 4. The van der Waals surface area contributed by atoms with Crippen LogP contribution in [0.3, 0.4) is 0 Å². The molecule has 1 aromatic rings. The molecule has 0 aromatic carbocycles. The molecule has 1 aromatic heterocycles. The lowest BCUT2D eigenvalue weighted by Gasteiger charge is -2.02. The predicted molar refractivity (Wildman–Crippen MR) is 55.2 cm³/mol. The normalized spacial score (nSPS) is 13.8. The van der Waals surface area contributed by atoms with Crippen molar-refractivity contribution in [1.82, 2.24) is 9.55 Å². The molecule has 0 saturated carbocycles. The highest BCUT2D eigenvalue weighted by Crippen LogP contribution is 2.03. The number of nitrogens with two attached hydrogens (primary N) is 1. The average Bonchev–Trinajstić information content (AvgIpc) is 2.49. The van der Waals surface area contributed by atoms with Crippen LogP contribution in [0.15, 0.2) is 18.6 Å². The molecular formula is C10H17N3. The summed E-state index contributed by atoms with van der Waals surface area (Å²) in [6, 6.07) is 0.102. The molecule has 3 heteroatoms. The summed E-state index contributed by atoms with van der Waals surface area (Å²) in [5.41, 5.74) is 6.74. The third kappa shape index (κ3) is 3.03. The third-order valence-corrected chi connectivity index (χ3v) is 1.78. The van der Waals surface area contributed by atoms with Crippen molar-refractivity contribution in [1.29, 1.82) is 0 Å². The van der Waals surface area contributed by atoms with E-state index in [4.69, 9.17) is 5.73 Å². The smallest absolute Gasteiger partial charge is 0.0950 e. The van der Waals surface area contributed by atoms with Gasteiger partial charge in [0.15, 0.2) is 0 Å². The van der Waals surface area contributed by atoms with E-state index in [2.05, 4.69) is 16.5 Å². The molecule has 2 N–H and O–H groups in total. The minimum Gasteiger partial charge on any atom is -0.331 e. The van der Waals surface area contributed by atoms with Gasteiger partial charge in [-0.05, 0) is 19.4 Å². The molecule has 0 bridgehead atoms. The molecular weight excluding hydrogens is 162 g/mol. The van der Waals surface area contributed by atoms with E-state index in [1.807, 2.05) is 31.6 Å². The Kier molecular flexibility index (Phi) is 3.71. The summed E-state index contributed by atoms with van der Waals surface area (Å²) >= 11 is 0. The van der Waals surface area contributed by atoms with Crippen molar-refractivity contribution < 1.29 is 0 Å². The minimum absolute atomic E-state index is 0.102. The van der Waals surface area contributed by atoms with Crippen LogP contribution in [0.2, 0.25) is 0 Å². The van der Waals surface area contributed by atoms with Gasteiger partial charge in [0.2, 0.25) is 0 Å². The quantitative estimate of drug-likeness (QED) is 0.763. The molecule has 0 fully saturated rings. The molecule has 0 aliphatic rings. The Labute approximate surface area is 79.3 Å². The van der Waals surface area contributed by atoms with Crippen molar-refractivity contribution in [2.24, 2.45) is 5.73 Å². The monoisotopic (exact) mass is 179 g/mol. The summed E-state index contributed by atoms with van der Waals surface area (Å²) in [4.78, 5) is 4.09. The van der Waals surface area contributed by atoms with Gasteiger partial charge in [0.05, 0.1) is 18.2 Å². The van der Waals surface area contributed by atoms with Crippen molar-refractivity contribution in [3.63, 3.8) is 0 Å². The lowest BCUT2D eigenvalue weighted by molar-refractivity contribution is 0.673. The van der Waals surface area contributed by atoms with E-state index in [-0.39, 0.29) is 6.04 Å². The summed E-state index contributed by atoms with van der Waals surface area (Å²) in [5, 5.41) is 0. The van der Waals surface area contributed by atoms with Crippen LogP contribution in [0.25, 0.3) is 6.08 Å². The average molecular weight is 179 g/mol. The number of hydrogen-bond acceptors (Lipinski definition) is 2. The first-order valence-corrected chi connectivity index (χ1v) is 4.68. The van der Waals surface area contributed by atoms with E-state index < -0.39 is 0 Å². The maximum atomic E-state index is 5.62. The molecule has 72 valence electrons. The number of aryl methyl sites for hydroxylation is 1. The van der Waals surface area contributed by atoms with E-state index in [0.29, 0.717) is 0 Å². The van der Waals surface area contributed by atoms with Crippen LogP contribution in [-0.2, 0) is 6.54 Å². The van der Waals surface area contributed by atoms with E-state index >= 15 is 0 Å². The van der Waals surface area contributed by atoms with Crippen molar-refractivity contribution in [3.05, 3.63) is 24.3 Å². The first-order valence-electron chi connectivity index (χ1n) is 4.68. The molecule has 0 radical (unpaired) electrons. The summed E-state index contributed by atoms with van der Waals surface area (Å²) in [6.07, 6.45) is 8.82. The SMILES string of the molecule is CCCn1cncc1/C=C/C(C)N. The molecule has 0 amide bonds. The molecule has 3 nitrogen and oxygen atoms in total. The number of nitrogens with zero attached hydrogens (tertiary/aromatic N) is 2. The Morgan fingerprint density at radius 2 is 2.46 bits per heavy atom.